The molecule has 0 aliphatic carbocycles. The van der Waals surface area contributed by atoms with Crippen molar-refractivity contribution in [1.29, 1.82) is 5.26 Å². The molecule has 0 spiro atoms. The highest BCUT2D eigenvalue weighted by atomic mass is 15.1. The number of hydrogen-bond donors (Lipinski definition) is 1. The maximum atomic E-state index is 8.82. The molecule has 0 aliphatic rings. The largest absolute Gasteiger partial charge is 0.284 e. The number of H-pyrrole nitrogens is 1. The van der Waals surface area contributed by atoms with Crippen LogP contribution in [0.4, 0.5) is 0 Å². The Kier molecular flexibility index (Phi) is 2.83. The lowest BCUT2D eigenvalue weighted by Crippen LogP contribution is -1.83. The van der Waals surface area contributed by atoms with Crippen molar-refractivity contribution in [3.8, 4) is 28.5 Å². The lowest BCUT2D eigenvalue weighted by atomic mass is 10.0. The fourth-order valence-electron chi connectivity index (χ4n) is 2.05. The van der Waals surface area contributed by atoms with Crippen LogP contribution < -0.4 is 0 Å². The van der Waals surface area contributed by atoms with Gasteiger partial charge in [-0.3, -0.25) is 5.10 Å². The highest BCUT2D eigenvalue weighted by molar-refractivity contribution is 5.80. The third kappa shape index (κ3) is 2.12. The molecule has 1 N–H and O–H groups in total. The first kappa shape index (κ1) is 11.2. The second kappa shape index (κ2) is 4.79. The molecule has 0 atom stereocenters. The van der Waals surface area contributed by atoms with E-state index in [1.807, 2.05) is 36.5 Å². The molecule has 0 amide bonds. The van der Waals surface area contributed by atoms with Gasteiger partial charge in [0.25, 0.3) is 0 Å². The van der Waals surface area contributed by atoms with Crippen LogP contribution in [0, 0.1) is 11.3 Å². The average Bonchev–Trinajstić information content (AvgIpc) is 2.98. The summed E-state index contributed by atoms with van der Waals surface area (Å²) in [6.45, 7) is 0. The molecular weight excluding hydrogens is 234 g/mol. The number of benzene rings is 2. The molecule has 3 aromatic rings. The molecule has 3 rings (SSSR count). The van der Waals surface area contributed by atoms with E-state index in [2.05, 4.69) is 28.4 Å². The lowest BCUT2D eigenvalue weighted by molar-refractivity contribution is 1.10. The van der Waals surface area contributed by atoms with E-state index < -0.39 is 0 Å². The van der Waals surface area contributed by atoms with Gasteiger partial charge in [-0.2, -0.15) is 10.4 Å². The molecule has 0 saturated heterocycles. The molecule has 3 heteroatoms. The minimum absolute atomic E-state index is 0.653. The zero-order valence-electron chi connectivity index (χ0n) is 10.2. The van der Waals surface area contributed by atoms with E-state index in [4.69, 9.17) is 5.26 Å². The van der Waals surface area contributed by atoms with Crippen LogP contribution in [0.25, 0.3) is 22.4 Å². The third-order valence-electron chi connectivity index (χ3n) is 3.01. The Morgan fingerprint density at radius 2 is 1.63 bits per heavy atom. The molecule has 0 radical (unpaired) electrons. The maximum Gasteiger partial charge on any atom is 0.0999 e. The SMILES string of the molecule is N#Cc1ccc(-c2n[nH]cc2-c2ccccc2)cc1. The topological polar surface area (TPSA) is 52.5 Å². The molecule has 1 heterocycles. The van der Waals surface area contributed by atoms with Crippen LogP contribution in [0.1, 0.15) is 5.56 Å². The Bertz CT molecular complexity index is 719. The van der Waals surface area contributed by atoms with Crippen molar-refractivity contribution in [2.75, 3.05) is 0 Å². The fourth-order valence-corrected chi connectivity index (χ4v) is 2.05. The number of nitrogens with one attached hydrogen (secondary N) is 1. The Balaban J connectivity index is 2.07. The summed E-state index contributed by atoms with van der Waals surface area (Å²) in [4.78, 5) is 0. The van der Waals surface area contributed by atoms with Crippen LogP contribution in [0.15, 0.2) is 60.8 Å². The van der Waals surface area contributed by atoms with Gasteiger partial charge < -0.3 is 0 Å². The van der Waals surface area contributed by atoms with Crippen molar-refractivity contribution in [2.24, 2.45) is 0 Å². The van der Waals surface area contributed by atoms with Gasteiger partial charge in [0.1, 0.15) is 0 Å². The summed E-state index contributed by atoms with van der Waals surface area (Å²) in [7, 11) is 0. The Morgan fingerprint density at radius 3 is 2.32 bits per heavy atom. The van der Waals surface area contributed by atoms with Gasteiger partial charge in [-0.05, 0) is 17.7 Å². The smallest absolute Gasteiger partial charge is 0.0999 e. The van der Waals surface area contributed by atoms with Gasteiger partial charge in [-0.1, -0.05) is 42.5 Å². The van der Waals surface area contributed by atoms with E-state index in [-0.39, 0.29) is 0 Å². The number of nitriles is 1. The van der Waals surface area contributed by atoms with Crippen molar-refractivity contribution in [3.05, 3.63) is 66.4 Å². The van der Waals surface area contributed by atoms with Crippen LogP contribution in [0.5, 0.6) is 0 Å². The van der Waals surface area contributed by atoms with E-state index in [1.165, 1.54) is 0 Å². The maximum absolute atomic E-state index is 8.82. The van der Waals surface area contributed by atoms with Gasteiger partial charge in [0.15, 0.2) is 0 Å². The molecule has 2 aromatic carbocycles. The zero-order valence-corrected chi connectivity index (χ0v) is 10.2. The molecule has 90 valence electrons. The van der Waals surface area contributed by atoms with Crippen LogP contribution in [0.3, 0.4) is 0 Å². The zero-order chi connectivity index (χ0) is 13.1. The standard InChI is InChI=1S/C16H11N3/c17-10-12-6-8-14(9-7-12)16-15(11-18-19-16)13-4-2-1-3-5-13/h1-9,11H,(H,18,19). The van der Waals surface area contributed by atoms with Gasteiger partial charge in [0.2, 0.25) is 0 Å². The first-order chi connectivity index (χ1) is 9.38. The number of nitrogens with zero attached hydrogens (tertiary/aromatic N) is 2. The number of aromatic amines is 1. The quantitative estimate of drug-likeness (QED) is 0.749. The van der Waals surface area contributed by atoms with Gasteiger partial charge in [-0.15, -0.1) is 0 Å². The van der Waals surface area contributed by atoms with Gasteiger partial charge in [0.05, 0.1) is 17.3 Å². The molecule has 3 nitrogen and oxygen atoms in total. The Labute approximate surface area is 111 Å². The van der Waals surface area contributed by atoms with E-state index in [9.17, 15) is 0 Å². The van der Waals surface area contributed by atoms with Gasteiger partial charge in [0, 0.05) is 17.3 Å². The number of aromatic nitrogens is 2. The molecular formula is C16H11N3. The monoisotopic (exact) mass is 245 g/mol. The molecule has 1 aromatic heterocycles. The summed E-state index contributed by atoms with van der Waals surface area (Å²) < 4.78 is 0. The third-order valence-corrected chi connectivity index (χ3v) is 3.01. The number of hydrogen-bond acceptors (Lipinski definition) is 2. The lowest BCUT2D eigenvalue weighted by Gasteiger charge is -2.02. The summed E-state index contributed by atoms with van der Waals surface area (Å²) in [6.07, 6.45) is 1.89. The van der Waals surface area contributed by atoms with Crippen molar-refractivity contribution < 1.29 is 0 Å². The number of rotatable bonds is 2. The molecule has 19 heavy (non-hydrogen) atoms. The van der Waals surface area contributed by atoms with Crippen molar-refractivity contribution in [3.63, 3.8) is 0 Å². The van der Waals surface area contributed by atoms with Crippen LogP contribution in [-0.4, -0.2) is 10.2 Å². The Morgan fingerprint density at radius 1 is 0.895 bits per heavy atom. The summed E-state index contributed by atoms with van der Waals surface area (Å²) in [5, 5.41) is 16.0. The summed E-state index contributed by atoms with van der Waals surface area (Å²) in [5.74, 6) is 0. The van der Waals surface area contributed by atoms with Crippen LogP contribution in [-0.2, 0) is 0 Å². The summed E-state index contributed by atoms with van der Waals surface area (Å²) >= 11 is 0. The van der Waals surface area contributed by atoms with Crippen LogP contribution in [0.2, 0.25) is 0 Å². The second-order valence-corrected chi connectivity index (χ2v) is 4.20. The molecule has 0 aliphatic heterocycles. The summed E-state index contributed by atoms with van der Waals surface area (Å²) in [6, 6.07) is 19.7. The van der Waals surface area contributed by atoms with E-state index in [1.54, 1.807) is 12.1 Å². The summed E-state index contributed by atoms with van der Waals surface area (Å²) in [5.41, 5.74) is 4.73. The van der Waals surface area contributed by atoms with Crippen molar-refractivity contribution in [1.82, 2.24) is 10.2 Å². The fraction of sp³-hybridized carbons (Fsp3) is 0. The molecule has 0 saturated carbocycles. The average molecular weight is 245 g/mol. The first-order valence-corrected chi connectivity index (χ1v) is 5.98. The molecule has 0 unspecified atom stereocenters. The van der Waals surface area contributed by atoms with Gasteiger partial charge in [-0.25, -0.2) is 0 Å². The van der Waals surface area contributed by atoms with E-state index >= 15 is 0 Å². The van der Waals surface area contributed by atoms with Crippen molar-refractivity contribution in [2.45, 2.75) is 0 Å². The predicted octanol–water partition coefficient (Wildman–Crippen LogP) is 3.62. The minimum atomic E-state index is 0.653. The second-order valence-electron chi connectivity index (χ2n) is 4.20. The highest BCUT2D eigenvalue weighted by Gasteiger charge is 2.09. The van der Waals surface area contributed by atoms with Crippen molar-refractivity contribution >= 4 is 0 Å². The highest BCUT2D eigenvalue weighted by Crippen LogP contribution is 2.29. The predicted molar refractivity (Wildman–Crippen MR) is 74.2 cm³/mol. The van der Waals surface area contributed by atoms with E-state index in [0.717, 1.165) is 22.4 Å². The first-order valence-electron chi connectivity index (χ1n) is 5.98. The van der Waals surface area contributed by atoms with Crippen LogP contribution >= 0.6 is 0 Å². The minimum Gasteiger partial charge on any atom is -0.284 e. The normalized spacial score (nSPS) is 10.1. The Hall–Kier alpha value is -2.86. The van der Waals surface area contributed by atoms with Gasteiger partial charge >= 0.3 is 0 Å². The molecule has 0 bridgehead atoms. The van der Waals surface area contributed by atoms with E-state index in [0.29, 0.717) is 5.56 Å². The molecule has 0 fully saturated rings.